The molecule has 0 saturated heterocycles. The van der Waals surface area contributed by atoms with Crippen LogP contribution in [0.1, 0.15) is 31.2 Å². The van der Waals surface area contributed by atoms with Crippen molar-refractivity contribution in [2.75, 3.05) is 43.4 Å². The molecule has 3 rings (SSSR count). The van der Waals surface area contributed by atoms with Crippen LogP contribution in [0.25, 0.3) is 0 Å². The molecule has 1 unspecified atom stereocenters. The van der Waals surface area contributed by atoms with E-state index in [0.717, 1.165) is 36.7 Å². The van der Waals surface area contributed by atoms with Crippen LogP contribution in [0, 0.1) is 5.82 Å². The molecule has 6 nitrogen and oxygen atoms in total. The van der Waals surface area contributed by atoms with Crippen LogP contribution in [0.15, 0.2) is 53.5 Å². The van der Waals surface area contributed by atoms with Crippen LogP contribution >= 0.6 is 0 Å². The summed E-state index contributed by atoms with van der Waals surface area (Å²) in [5.41, 5.74) is 2.61. The topological polar surface area (TPSA) is 68.8 Å². The van der Waals surface area contributed by atoms with Crippen molar-refractivity contribution in [2.45, 2.75) is 25.7 Å². The summed E-state index contributed by atoms with van der Waals surface area (Å²) in [6.45, 7) is 4.75. The van der Waals surface area contributed by atoms with Gasteiger partial charge in [-0.15, -0.1) is 0 Å². The monoisotopic (exact) mass is 411 g/mol. The number of carbonyl (C=O) groups excluding carboxylic acids is 1. The van der Waals surface area contributed by atoms with Gasteiger partial charge in [-0.25, -0.2) is 4.39 Å². The zero-order chi connectivity index (χ0) is 21.3. The van der Waals surface area contributed by atoms with Gasteiger partial charge in [0.2, 0.25) is 5.91 Å². The van der Waals surface area contributed by atoms with E-state index in [1.54, 1.807) is 12.1 Å². The molecule has 2 aromatic carbocycles. The Labute approximate surface area is 177 Å². The zero-order valence-corrected chi connectivity index (χ0v) is 17.6. The second kappa shape index (κ2) is 10.6. The second-order valence-corrected chi connectivity index (χ2v) is 7.41. The molecule has 1 aliphatic rings. The highest BCUT2D eigenvalue weighted by molar-refractivity contribution is 5.94. The number of halogens is 1. The van der Waals surface area contributed by atoms with Crippen LogP contribution < -0.4 is 20.9 Å². The molecule has 1 heterocycles. The largest absolute Gasteiger partial charge is 0.372 e. The second-order valence-electron chi connectivity index (χ2n) is 7.41. The number of fused-ring (bicyclic) bond motifs is 1. The minimum absolute atomic E-state index is 0.0306. The molecule has 0 aromatic heterocycles. The van der Waals surface area contributed by atoms with Gasteiger partial charge in [0.15, 0.2) is 5.96 Å². The molecule has 160 valence electrons. The van der Waals surface area contributed by atoms with Crippen molar-refractivity contribution in [3.8, 4) is 0 Å². The van der Waals surface area contributed by atoms with Crippen LogP contribution in [0.3, 0.4) is 0 Å². The zero-order valence-electron chi connectivity index (χ0n) is 17.6. The maximum atomic E-state index is 13.9. The minimum Gasteiger partial charge on any atom is -0.372 e. The molecule has 30 heavy (non-hydrogen) atoms. The van der Waals surface area contributed by atoms with Crippen LogP contribution in [-0.2, 0) is 4.79 Å². The molecule has 0 radical (unpaired) electrons. The maximum Gasteiger partial charge on any atom is 0.225 e. The first-order valence-corrected chi connectivity index (χ1v) is 10.4. The van der Waals surface area contributed by atoms with Gasteiger partial charge in [-0.05, 0) is 37.1 Å². The highest BCUT2D eigenvalue weighted by Crippen LogP contribution is 2.31. The van der Waals surface area contributed by atoms with E-state index in [0.29, 0.717) is 25.2 Å². The average molecular weight is 412 g/mol. The van der Waals surface area contributed by atoms with E-state index >= 15 is 0 Å². The van der Waals surface area contributed by atoms with Gasteiger partial charge in [-0.3, -0.25) is 9.79 Å². The number of guanidine groups is 1. The Morgan fingerprint density at radius 2 is 1.97 bits per heavy atom. The number of hydrogen-bond acceptors (Lipinski definition) is 3. The van der Waals surface area contributed by atoms with Crippen molar-refractivity contribution < 1.29 is 9.18 Å². The number of amides is 1. The van der Waals surface area contributed by atoms with Crippen molar-refractivity contribution in [1.82, 2.24) is 10.6 Å². The molecule has 1 atom stereocenters. The summed E-state index contributed by atoms with van der Waals surface area (Å²) in [6, 6.07) is 14.7. The minimum atomic E-state index is -0.209. The summed E-state index contributed by atoms with van der Waals surface area (Å²) in [5.74, 6) is 0.620. The fraction of sp³-hybridized carbons (Fsp3) is 0.391. The van der Waals surface area contributed by atoms with Crippen molar-refractivity contribution in [3.63, 3.8) is 0 Å². The number of anilines is 2. The number of hydrogen-bond donors (Lipinski definition) is 3. The first-order valence-electron chi connectivity index (χ1n) is 10.4. The van der Waals surface area contributed by atoms with Gasteiger partial charge in [-0.2, -0.15) is 0 Å². The van der Waals surface area contributed by atoms with Gasteiger partial charge >= 0.3 is 0 Å². The third-order valence-electron chi connectivity index (χ3n) is 5.15. The molecular weight excluding hydrogens is 381 g/mol. The lowest BCUT2D eigenvalue weighted by Crippen LogP contribution is -2.39. The summed E-state index contributed by atoms with van der Waals surface area (Å²) in [4.78, 5) is 18.6. The number of nitrogens with one attached hydrogen (secondary N) is 3. The lowest BCUT2D eigenvalue weighted by atomic mass is 9.91. The van der Waals surface area contributed by atoms with Crippen molar-refractivity contribution in [3.05, 3.63) is 59.9 Å². The summed E-state index contributed by atoms with van der Waals surface area (Å²) >= 11 is 0. The van der Waals surface area contributed by atoms with E-state index in [1.807, 2.05) is 49.2 Å². The lowest BCUT2D eigenvalue weighted by Gasteiger charge is -2.24. The molecule has 3 N–H and O–H groups in total. The molecule has 1 amide bonds. The van der Waals surface area contributed by atoms with Gasteiger partial charge < -0.3 is 20.9 Å². The first kappa shape index (κ1) is 21.6. The van der Waals surface area contributed by atoms with Crippen LogP contribution in [0.4, 0.5) is 15.8 Å². The maximum absolute atomic E-state index is 13.9. The van der Waals surface area contributed by atoms with Crippen LogP contribution in [0.5, 0.6) is 0 Å². The number of carbonyl (C=O) groups is 1. The summed E-state index contributed by atoms with van der Waals surface area (Å²) in [6.07, 6.45) is 1.28. The molecule has 0 aliphatic carbocycles. The molecule has 0 fully saturated rings. The molecule has 0 bridgehead atoms. The van der Waals surface area contributed by atoms with E-state index in [4.69, 9.17) is 4.99 Å². The summed E-state index contributed by atoms with van der Waals surface area (Å²) in [5, 5.41) is 9.51. The highest BCUT2D eigenvalue weighted by Gasteiger charge is 2.24. The molecular formula is C23H30FN5O. The SMILES string of the molecule is CCNC(=NCC1CC(=O)Nc2ccccc21)NCCCN(C)c1ccccc1F. The fourth-order valence-electron chi connectivity index (χ4n) is 3.61. The van der Waals surface area contributed by atoms with Gasteiger partial charge in [0.25, 0.3) is 0 Å². The molecule has 1 aliphatic heterocycles. The number of benzene rings is 2. The van der Waals surface area contributed by atoms with Crippen molar-refractivity contribution in [1.29, 1.82) is 0 Å². The third-order valence-corrected chi connectivity index (χ3v) is 5.15. The van der Waals surface area contributed by atoms with E-state index in [1.165, 1.54) is 6.07 Å². The van der Waals surface area contributed by atoms with Crippen LogP contribution in [-0.4, -0.2) is 45.1 Å². The van der Waals surface area contributed by atoms with Gasteiger partial charge in [0.05, 0.1) is 12.2 Å². The Bertz CT molecular complexity index is 885. The van der Waals surface area contributed by atoms with E-state index < -0.39 is 0 Å². The molecule has 2 aromatic rings. The predicted molar refractivity (Wildman–Crippen MR) is 121 cm³/mol. The van der Waals surface area contributed by atoms with Crippen molar-refractivity contribution >= 4 is 23.2 Å². The Morgan fingerprint density at radius 3 is 2.77 bits per heavy atom. The summed E-state index contributed by atoms with van der Waals surface area (Å²) in [7, 11) is 1.89. The Morgan fingerprint density at radius 1 is 1.20 bits per heavy atom. The predicted octanol–water partition coefficient (Wildman–Crippen LogP) is 3.33. The third kappa shape index (κ3) is 5.72. The van der Waals surface area contributed by atoms with E-state index in [9.17, 15) is 9.18 Å². The number of aliphatic imine (C=N–C) groups is 1. The Balaban J connectivity index is 1.53. The smallest absolute Gasteiger partial charge is 0.225 e. The fourth-order valence-corrected chi connectivity index (χ4v) is 3.61. The van der Waals surface area contributed by atoms with Crippen LogP contribution in [0.2, 0.25) is 0 Å². The Hall–Kier alpha value is -3.09. The molecule has 0 spiro atoms. The number of rotatable bonds is 8. The quantitative estimate of drug-likeness (QED) is 0.354. The first-order chi connectivity index (χ1) is 14.6. The van der Waals surface area contributed by atoms with E-state index in [-0.39, 0.29) is 17.6 Å². The molecule has 7 heteroatoms. The summed E-state index contributed by atoms with van der Waals surface area (Å²) < 4.78 is 13.9. The van der Waals surface area contributed by atoms with Crippen molar-refractivity contribution in [2.24, 2.45) is 4.99 Å². The van der Waals surface area contributed by atoms with Gasteiger partial charge in [0, 0.05) is 44.7 Å². The normalized spacial score (nSPS) is 15.9. The lowest BCUT2D eigenvalue weighted by molar-refractivity contribution is -0.116. The number of para-hydroxylation sites is 2. The van der Waals surface area contributed by atoms with Gasteiger partial charge in [0.1, 0.15) is 5.82 Å². The van der Waals surface area contributed by atoms with E-state index in [2.05, 4.69) is 16.0 Å². The Kier molecular flexibility index (Phi) is 7.65. The molecule has 0 saturated carbocycles. The van der Waals surface area contributed by atoms with Gasteiger partial charge in [-0.1, -0.05) is 30.3 Å². The highest BCUT2D eigenvalue weighted by atomic mass is 19.1. The number of nitrogens with zero attached hydrogens (tertiary/aromatic N) is 2. The average Bonchev–Trinajstić information content (AvgIpc) is 2.74. The standard InChI is InChI=1S/C23H30FN5O/c1-3-25-23(26-13-8-14-29(2)21-12-7-5-10-19(21)24)27-16-17-15-22(30)28-20-11-6-4-9-18(17)20/h4-7,9-12,17H,3,8,13-16H2,1-2H3,(H,28,30)(H2,25,26,27).